The van der Waals surface area contributed by atoms with Crippen molar-refractivity contribution >= 4 is 45.7 Å². The average Bonchev–Trinajstić information content (AvgIpc) is 2.87. The first kappa shape index (κ1) is 26.4. The highest BCUT2D eigenvalue weighted by atomic mass is 127. The van der Waals surface area contributed by atoms with Gasteiger partial charge in [-0.15, -0.1) is 24.0 Å². The summed E-state index contributed by atoms with van der Waals surface area (Å²) in [5.41, 5.74) is 0. The maximum absolute atomic E-state index is 11.9. The largest absolute Gasteiger partial charge is 0.356 e. The van der Waals surface area contributed by atoms with Gasteiger partial charge in [-0.3, -0.25) is 14.7 Å². The van der Waals surface area contributed by atoms with E-state index < -0.39 is 9.84 Å². The molecule has 0 aromatic rings. The van der Waals surface area contributed by atoms with Crippen molar-refractivity contribution in [3.63, 3.8) is 0 Å². The Balaban J connectivity index is 0.00000676. The van der Waals surface area contributed by atoms with Crippen molar-refractivity contribution in [1.29, 1.82) is 0 Å². The number of guanidine groups is 1. The fourth-order valence-electron chi connectivity index (χ4n) is 3.14. The van der Waals surface area contributed by atoms with Crippen molar-refractivity contribution in [2.24, 2.45) is 4.99 Å². The zero-order chi connectivity index (χ0) is 19.7. The third-order valence-corrected chi connectivity index (χ3v) is 6.22. The van der Waals surface area contributed by atoms with Gasteiger partial charge in [-0.2, -0.15) is 0 Å². The predicted octanol–water partition coefficient (Wildman–Crippen LogP) is 0.582. The molecule has 3 N–H and O–H groups in total. The fourth-order valence-corrected chi connectivity index (χ4v) is 4.81. The Bertz CT molecular complexity index is 573. The van der Waals surface area contributed by atoms with Crippen molar-refractivity contribution in [1.82, 2.24) is 20.9 Å². The number of nitrogens with one attached hydrogen (secondary N) is 3. The zero-order valence-corrected chi connectivity index (χ0v) is 20.3. The number of halogens is 1. The number of amides is 1. The summed E-state index contributed by atoms with van der Waals surface area (Å²) >= 11 is 0. The molecule has 160 valence electrons. The van der Waals surface area contributed by atoms with Gasteiger partial charge < -0.3 is 16.0 Å². The molecule has 1 saturated heterocycles. The van der Waals surface area contributed by atoms with Gasteiger partial charge in [0, 0.05) is 51.2 Å². The SMILES string of the molecule is CN=C(NCCC(=O)NC1CCS(=O)(=O)C1)NCCN(C(C)C)C(C)C.I. The Kier molecular flexibility index (Phi) is 12.5. The van der Waals surface area contributed by atoms with Crippen LogP contribution in [0.15, 0.2) is 4.99 Å². The minimum Gasteiger partial charge on any atom is -0.356 e. The number of nitrogens with zero attached hydrogens (tertiary/aromatic N) is 2. The first-order valence-corrected chi connectivity index (χ1v) is 11.2. The fraction of sp³-hybridized carbons (Fsp3) is 0.882. The summed E-state index contributed by atoms with van der Waals surface area (Å²) in [6, 6.07) is 0.715. The normalized spacial score (nSPS) is 19.3. The minimum atomic E-state index is -2.97. The Morgan fingerprint density at radius 3 is 2.22 bits per heavy atom. The van der Waals surface area contributed by atoms with Gasteiger partial charge in [0.2, 0.25) is 5.91 Å². The van der Waals surface area contributed by atoms with Crippen LogP contribution in [-0.4, -0.2) is 81.5 Å². The maximum Gasteiger partial charge on any atom is 0.222 e. The van der Waals surface area contributed by atoms with E-state index in [2.05, 4.69) is 53.5 Å². The maximum atomic E-state index is 11.9. The molecule has 1 unspecified atom stereocenters. The van der Waals surface area contributed by atoms with Crippen LogP contribution in [0.5, 0.6) is 0 Å². The second kappa shape index (κ2) is 12.8. The highest BCUT2D eigenvalue weighted by molar-refractivity contribution is 14.0. The molecule has 1 aliphatic rings. The van der Waals surface area contributed by atoms with Crippen LogP contribution in [0.1, 0.15) is 40.5 Å². The van der Waals surface area contributed by atoms with E-state index in [9.17, 15) is 13.2 Å². The molecule has 10 heteroatoms. The van der Waals surface area contributed by atoms with E-state index >= 15 is 0 Å². The van der Waals surface area contributed by atoms with Crippen LogP contribution in [0, 0.1) is 0 Å². The standard InChI is InChI=1S/C17H35N5O3S.HI/c1-13(2)22(14(3)4)10-9-20-17(18-5)19-8-6-16(23)21-15-7-11-26(24,25)12-15;/h13-15H,6-12H2,1-5H3,(H,21,23)(H2,18,19,20);1H. The summed E-state index contributed by atoms with van der Waals surface area (Å²) in [5.74, 6) is 0.739. The summed E-state index contributed by atoms with van der Waals surface area (Å²) in [6.45, 7) is 10.9. The molecule has 0 radical (unpaired) electrons. The lowest BCUT2D eigenvalue weighted by atomic mass is 10.2. The molecular weight excluding hydrogens is 481 g/mol. The Labute approximate surface area is 181 Å². The van der Waals surface area contributed by atoms with Gasteiger partial charge in [0.15, 0.2) is 15.8 Å². The van der Waals surface area contributed by atoms with E-state index in [1.165, 1.54) is 0 Å². The number of rotatable bonds is 9. The number of hydrogen-bond acceptors (Lipinski definition) is 5. The highest BCUT2D eigenvalue weighted by Crippen LogP contribution is 2.11. The average molecular weight is 517 g/mol. The summed E-state index contributed by atoms with van der Waals surface area (Å²) in [6.07, 6.45) is 0.786. The van der Waals surface area contributed by atoms with Crippen LogP contribution < -0.4 is 16.0 Å². The van der Waals surface area contributed by atoms with Gasteiger partial charge in [0.25, 0.3) is 0 Å². The van der Waals surface area contributed by atoms with Crippen molar-refractivity contribution < 1.29 is 13.2 Å². The van der Waals surface area contributed by atoms with E-state index in [4.69, 9.17) is 0 Å². The van der Waals surface area contributed by atoms with Crippen LogP contribution in [-0.2, 0) is 14.6 Å². The van der Waals surface area contributed by atoms with Gasteiger partial charge >= 0.3 is 0 Å². The number of sulfone groups is 1. The molecule has 27 heavy (non-hydrogen) atoms. The third-order valence-electron chi connectivity index (χ3n) is 4.45. The quantitative estimate of drug-likeness (QED) is 0.235. The lowest BCUT2D eigenvalue weighted by Crippen LogP contribution is -2.46. The van der Waals surface area contributed by atoms with Gasteiger partial charge in [0.05, 0.1) is 11.5 Å². The van der Waals surface area contributed by atoms with Crippen LogP contribution in [0.3, 0.4) is 0 Å². The lowest BCUT2D eigenvalue weighted by Gasteiger charge is -2.30. The molecule has 1 fully saturated rings. The molecule has 1 amide bonds. The van der Waals surface area contributed by atoms with Crippen LogP contribution in [0.2, 0.25) is 0 Å². The Morgan fingerprint density at radius 1 is 1.15 bits per heavy atom. The molecule has 0 aromatic heterocycles. The summed E-state index contributed by atoms with van der Waals surface area (Å²) < 4.78 is 22.8. The number of carbonyl (C=O) groups is 1. The molecule has 0 aliphatic carbocycles. The monoisotopic (exact) mass is 517 g/mol. The first-order chi connectivity index (χ1) is 12.1. The second-order valence-electron chi connectivity index (χ2n) is 7.27. The van der Waals surface area contributed by atoms with E-state index in [0.717, 1.165) is 13.1 Å². The number of carbonyl (C=O) groups excluding carboxylic acids is 1. The van der Waals surface area contributed by atoms with Crippen molar-refractivity contribution in [2.45, 2.75) is 58.7 Å². The molecule has 0 saturated carbocycles. The molecule has 8 nitrogen and oxygen atoms in total. The Morgan fingerprint density at radius 2 is 1.74 bits per heavy atom. The molecule has 0 aromatic carbocycles. The molecule has 1 rings (SSSR count). The molecule has 0 bridgehead atoms. The summed E-state index contributed by atoms with van der Waals surface area (Å²) in [4.78, 5) is 18.5. The first-order valence-electron chi connectivity index (χ1n) is 9.34. The zero-order valence-electron chi connectivity index (χ0n) is 17.1. The van der Waals surface area contributed by atoms with Gasteiger partial charge in [0.1, 0.15) is 0 Å². The smallest absolute Gasteiger partial charge is 0.222 e. The summed E-state index contributed by atoms with van der Waals surface area (Å²) in [7, 11) is -1.28. The molecule has 1 atom stereocenters. The van der Waals surface area contributed by atoms with Crippen molar-refractivity contribution in [2.75, 3.05) is 38.2 Å². The molecule has 0 spiro atoms. The topological polar surface area (TPSA) is 103 Å². The van der Waals surface area contributed by atoms with Gasteiger partial charge in [-0.25, -0.2) is 8.42 Å². The van der Waals surface area contributed by atoms with Crippen LogP contribution in [0.4, 0.5) is 0 Å². The predicted molar refractivity (Wildman–Crippen MR) is 122 cm³/mol. The molecule has 1 aliphatic heterocycles. The molecule has 1 heterocycles. The van der Waals surface area contributed by atoms with Gasteiger partial charge in [-0.1, -0.05) is 0 Å². The van der Waals surface area contributed by atoms with E-state index in [1.807, 2.05) is 0 Å². The van der Waals surface area contributed by atoms with Gasteiger partial charge in [-0.05, 0) is 34.1 Å². The van der Waals surface area contributed by atoms with E-state index in [0.29, 0.717) is 31.0 Å². The van der Waals surface area contributed by atoms with E-state index in [1.54, 1.807) is 7.05 Å². The van der Waals surface area contributed by atoms with Crippen molar-refractivity contribution in [3.05, 3.63) is 0 Å². The highest BCUT2D eigenvalue weighted by Gasteiger charge is 2.28. The van der Waals surface area contributed by atoms with Crippen LogP contribution >= 0.6 is 24.0 Å². The minimum absolute atomic E-state index is 0. The Hall–Kier alpha value is -0.620. The number of hydrogen-bond donors (Lipinski definition) is 3. The van der Waals surface area contributed by atoms with Crippen LogP contribution in [0.25, 0.3) is 0 Å². The second-order valence-corrected chi connectivity index (χ2v) is 9.50. The third kappa shape index (κ3) is 10.5. The molecular formula is C17H36IN5O3S. The lowest BCUT2D eigenvalue weighted by molar-refractivity contribution is -0.121. The number of aliphatic imine (C=N–C) groups is 1. The van der Waals surface area contributed by atoms with Crippen molar-refractivity contribution in [3.8, 4) is 0 Å². The van der Waals surface area contributed by atoms with E-state index in [-0.39, 0.29) is 53.9 Å². The summed E-state index contributed by atoms with van der Waals surface area (Å²) in [5, 5.41) is 9.15.